The third kappa shape index (κ3) is 2.87. The lowest BCUT2D eigenvalue weighted by molar-refractivity contribution is 0.897. The topological polar surface area (TPSA) is 0 Å². The highest BCUT2D eigenvalue weighted by molar-refractivity contribution is 5.33. The number of rotatable bonds is 3. The smallest absolute Gasteiger partial charge is 0.0159 e. The third-order valence-electron chi connectivity index (χ3n) is 2.59. The van der Waals surface area contributed by atoms with E-state index in [1.165, 1.54) is 25.7 Å². The Bertz CT molecular complexity index is 258. The fraction of sp³-hybridized carbons (Fsp3) is 0.571. The summed E-state index contributed by atoms with van der Waals surface area (Å²) in [7, 11) is 0. The molecule has 0 atom stereocenters. The van der Waals surface area contributed by atoms with Gasteiger partial charge >= 0.3 is 0 Å². The van der Waals surface area contributed by atoms with Crippen molar-refractivity contribution in [3.8, 4) is 0 Å². The lowest BCUT2D eigenvalue weighted by atomic mass is 10.00. The minimum atomic E-state index is 0.910. The van der Waals surface area contributed by atoms with Crippen molar-refractivity contribution in [3.05, 3.63) is 35.4 Å². The lowest BCUT2D eigenvalue weighted by Crippen LogP contribution is -1.90. The summed E-state index contributed by atoms with van der Waals surface area (Å²) in [5.74, 6) is 0.910. The molecule has 0 N–H and O–H groups in total. The van der Waals surface area contributed by atoms with Gasteiger partial charge in [-0.15, -0.1) is 0 Å². The molecule has 0 saturated heterocycles. The highest BCUT2D eigenvalue weighted by atomic mass is 14.3. The first kappa shape index (κ1) is 11.3. The van der Waals surface area contributed by atoms with Crippen LogP contribution in [0.3, 0.4) is 0 Å². The van der Waals surface area contributed by atoms with Crippen LogP contribution in [-0.4, -0.2) is 0 Å². The van der Waals surface area contributed by atoms with E-state index in [-0.39, 0.29) is 0 Å². The maximum atomic E-state index is 2.31. The molecule has 1 aromatic rings. The molecule has 0 heteroatoms. The molecule has 1 saturated carbocycles. The van der Waals surface area contributed by atoms with Crippen LogP contribution in [0, 0.1) is 0 Å². The summed E-state index contributed by atoms with van der Waals surface area (Å²) < 4.78 is 0. The molecule has 0 spiro atoms. The second-order valence-electron chi connectivity index (χ2n) is 3.72. The first-order chi connectivity index (χ1) is 6.92. The van der Waals surface area contributed by atoms with Crippen LogP contribution in [0.5, 0.6) is 0 Å². The van der Waals surface area contributed by atoms with Gasteiger partial charge in [-0.25, -0.2) is 0 Å². The van der Waals surface area contributed by atoms with Crippen LogP contribution in [0.1, 0.15) is 57.1 Å². The Labute approximate surface area is 88.4 Å². The summed E-state index contributed by atoms with van der Waals surface area (Å²) in [4.78, 5) is 0. The van der Waals surface area contributed by atoms with Crippen LogP contribution in [-0.2, 0) is 6.42 Å². The minimum Gasteiger partial charge on any atom is -0.0683 e. The summed E-state index contributed by atoms with van der Waals surface area (Å²) in [6.07, 6.45) is 5.36. The van der Waals surface area contributed by atoms with Crippen molar-refractivity contribution in [1.29, 1.82) is 0 Å². The second-order valence-corrected chi connectivity index (χ2v) is 3.72. The summed E-state index contributed by atoms with van der Waals surface area (Å²) in [6, 6.07) is 8.93. The van der Waals surface area contributed by atoms with E-state index in [1.54, 1.807) is 11.1 Å². The van der Waals surface area contributed by atoms with Gasteiger partial charge in [0.05, 0.1) is 0 Å². The number of aryl methyl sites for hydroxylation is 1. The van der Waals surface area contributed by atoms with E-state index in [0.29, 0.717) is 0 Å². The maximum Gasteiger partial charge on any atom is -0.0159 e. The Hall–Kier alpha value is -0.780. The Morgan fingerprint density at radius 1 is 1.14 bits per heavy atom. The highest BCUT2D eigenvalue weighted by Crippen LogP contribution is 2.41. The van der Waals surface area contributed by atoms with E-state index in [9.17, 15) is 0 Å². The molecule has 14 heavy (non-hydrogen) atoms. The zero-order valence-electron chi connectivity index (χ0n) is 9.72. The summed E-state index contributed by atoms with van der Waals surface area (Å²) in [6.45, 7) is 6.25. The molecule has 0 bridgehead atoms. The summed E-state index contributed by atoms with van der Waals surface area (Å²) in [5.41, 5.74) is 3.21. The van der Waals surface area contributed by atoms with Crippen LogP contribution in [0.2, 0.25) is 0 Å². The van der Waals surface area contributed by atoms with Gasteiger partial charge in [0.25, 0.3) is 0 Å². The Kier molecular flexibility index (Phi) is 4.72. The molecule has 1 aromatic carbocycles. The predicted molar refractivity (Wildman–Crippen MR) is 63.8 cm³/mol. The molecule has 2 rings (SSSR count). The molecule has 0 aliphatic heterocycles. The van der Waals surface area contributed by atoms with Crippen molar-refractivity contribution in [1.82, 2.24) is 0 Å². The highest BCUT2D eigenvalue weighted by Gasteiger charge is 2.24. The fourth-order valence-corrected chi connectivity index (χ4v) is 1.82. The largest absolute Gasteiger partial charge is 0.0683 e. The molecule has 0 aromatic heterocycles. The van der Waals surface area contributed by atoms with E-state index in [2.05, 4.69) is 31.2 Å². The van der Waals surface area contributed by atoms with E-state index in [0.717, 1.165) is 5.92 Å². The van der Waals surface area contributed by atoms with Crippen molar-refractivity contribution >= 4 is 0 Å². The monoisotopic (exact) mass is 190 g/mol. The van der Waals surface area contributed by atoms with Gasteiger partial charge in [0, 0.05) is 0 Å². The van der Waals surface area contributed by atoms with Gasteiger partial charge in [-0.1, -0.05) is 51.5 Å². The standard InChI is InChI=1S/C12H16.C2H6/c1-2-5-10-6-3-4-7-12(10)11-8-9-11;1-2/h3-4,6-7,11H,2,5,8-9H2,1H3;1-2H3. The molecular formula is C14H22. The van der Waals surface area contributed by atoms with Gasteiger partial charge in [0.2, 0.25) is 0 Å². The van der Waals surface area contributed by atoms with Gasteiger partial charge in [-0.2, -0.15) is 0 Å². The molecule has 78 valence electrons. The van der Waals surface area contributed by atoms with Gasteiger partial charge in [0.1, 0.15) is 0 Å². The van der Waals surface area contributed by atoms with Crippen molar-refractivity contribution in [3.63, 3.8) is 0 Å². The summed E-state index contributed by atoms with van der Waals surface area (Å²) >= 11 is 0. The van der Waals surface area contributed by atoms with E-state index in [4.69, 9.17) is 0 Å². The Morgan fingerprint density at radius 3 is 2.36 bits per heavy atom. The molecule has 0 radical (unpaired) electrons. The van der Waals surface area contributed by atoms with Crippen LogP contribution in [0.15, 0.2) is 24.3 Å². The lowest BCUT2D eigenvalue weighted by Gasteiger charge is -2.05. The average Bonchev–Trinajstić information content (AvgIpc) is 3.06. The normalized spacial score (nSPS) is 14.5. The second kappa shape index (κ2) is 5.85. The number of hydrogen-bond donors (Lipinski definition) is 0. The van der Waals surface area contributed by atoms with Crippen LogP contribution in [0.4, 0.5) is 0 Å². The van der Waals surface area contributed by atoms with E-state index >= 15 is 0 Å². The fourth-order valence-electron chi connectivity index (χ4n) is 1.82. The molecule has 0 heterocycles. The quantitative estimate of drug-likeness (QED) is 0.656. The minimum absolute atomic E-state index is 0.910. The zero-order valence-corrected chi connectivity index (χ0v) is 9.72. The SMILES string of the molecule is CC.CCCc1ccccc1C1CC1. The van der Waals surface area contributed by atoms with Crippen molar-refractivity contribution < 1.29 is 0 Å². The van der Waals surface area contributed by atoms with E-state index < -0.39 is 0 Å². The van der Waals surface area contributed by atoms with Crippen LogP contribution < -0.4 is 0 Å². The molecule has 1 fully saturated rings. The molecular weight excluding hydrogens is 168 g/mol. The molecule has 0 amide bonds. The first-order valence-electron chi connectivity index (χ1n) is 5.99. The number of hydrogen-bond acceptors (Lipinski definition) is 0. The Morgan fingerprint density at radius 2 is 1.79 bits per heavy atom. The van der Waals surface area contributed by atoms with Gasteiger partial charge in [-0.05, 0) is 36.3 Å². The molecule has 0 unspecified atom stereocenters. The molecule has 0 nitrogen and oxygen atoms in total. The van der Waals surface area contributed by atoms with Crippen molar-refractivity contribution in [2.75, 3.05) is 0 Å². The van der Waals surface area contributed by atoms with Gasteiger partial charge in [0.15, 0.2) is 0 Å². The van der Waals surface area contributed by atoms with Gasteiger partial charge < -0.3 is 0 Å². The summed E-state index contributed by atoms with van der Waals surface area (Å²) in [5, 5.41) is 0. The maximum absolute atomic E-state index is 2.31. The van der Waals surface area contributed by atoms with Crippen LogP contribution >= 0.6 is 0 Å². The van der Waals surface area contributed by atoms with Crippen LogP contribution in [0.25, 0.3) is 0 Å². The number of benzene rings is 1. The van der Waals surface area contributed by atoms with E-state index in [1.807, 2.05) is 13.8 Å². The van der Waals surface area contributed by atoms with Gasteiger partial charge in [-0.3, -0.25) is 0 Å². The van der Waals surface area contributed by atoms with Crippen molar-refractivity contribution in [2.45, 2.75) is 52.4 Å². The Balaban J connectivity index is 0.000000461. The average molecular weight is 190 g/mol. The molecule has 1 aliphatic carbocycles. The predicted octanol–water partition coefficient (Wildman–Crippen LogP) is 4.54. The third-order valence-corrected chi connectivity index (χ3v) is 2.59. The zero-order chi connectivity index (χ0) is 10.4. The first-order valence-corrected chi connectivity index (χ1v) is 5.99. The molecule has 1 aliphatic rings. The van der Waals surface area contributed by atoms with Crippen molar-refractivity contribution in [2.24, 2.45) is 0 Å².